The lowest BCUT2D eigenvalue weighted by Gasteiger charge is -2.24. The Morgan fingerprint density at radius 1 is 1.25 bits per heavy atom. The van der Waals surface area contributed by atoms with Crippen LogP contribution in [0, 0.1) is 0 Å². The van der Waals surface area contributed by atoms with Gasteiger partial charge in [-0.1, -0.05) is 19.1 Å². The molecule has 4 nitrogen and oxygen atoms in total. The summed E-state index contributed by atoms with van der Waals surface area (Å²) < 4.78 is 24.1. The average molecular weight is 296 g/mol. The van der Waals surface area contributed by atoms with E-state index in [1.165, 1.54) is 12.8 Å². The molecule has 0 radical (unpaired) electrons. The lowest BCUT2D eigenvalue weighted by molar-refractivity contribution is 0.269. The van der Waals surface area contributed by atoms with Crippen LogP contribution >= 0.6 is 0 Å². The van der Waals surface area contributed by atoms with E-state index in [1.54, 1.807) is 19.1 Å². The van der Waals surface area contributed by atoms with Crippen molar-refractivity contribution in [1.29, 1.82) is 0 Å². The molecule has 1 N–H and O–H groups in total. The van der Waals surface area contributed by atoms with Crippen molar-refractivity contribution in [3.63, 3.8) is 0 Å². The Labute approximate surface area is 122 Å². The summed E-state index contributed by atoms with van der Waals surface area (Å²) in [4.78, 5) is 2.86. The number of rotatable bonds is 6. The van der Waals surface area contributed by atoms with Crippen LogP contribution in [0.15, 0.2) is 29.2 Å². The van der Waals surface area contributed by atoms with Gasteiger partial charge in [-0.3, -0.25) is 4.90 Å². The van der Waals surface area contributed by atoms with E-state index in [0.717, 1.165) is 25.3 Å². The first-order valence-electron chi connectivity index (χ1n) is 7.34. The molecule has 112 valence electrons. The number of likely N-dealkylation sites (tertiary alicyclic amines) is 1. The second-order valence-corrected chi connectivity index (χ2v) is 7.62. The van der Waals surface area contributed by atoms with E-state index < -0.39 is 9.84 Å². The summed E-state index contributed by atoms with van der Waals surface area (Å²) in [7, 11) is -3.17. The van der Waals surface area contributed by atoms with Crippen molar-refractivity contribution in [2.45, 2.75) is 37.6 Å². The van der Waals surface area contributed by atoms with Crippen LogP contribution in [0.1, 0.15) is 26.7 Å². The van der Waals surface area contributed by atoms with Gasteiger partial charge >= 0.3 is 0 Å². The normalized spacial score (nSPS) is 18.1. The third-order valence-corrected chi connectivity index (χ3v) is 5.74. The summed E-state index contributed by atoms with van der Waals surface area (Å²) in [6.07, 6.45) is 2.54. The fourth-order valence-electron chi connectivity index (χ4n) is 2.61. The monoisotopic (exact) mass is 296 g/mol. The highest BCUT2D eigenvalue weighted by molar-refractivity contribution is 7.91. The van der Waals surface area contributed by atoms with Crippen LogP contribution < -0.4 is 5.32 Å². The molecular formula is C15H24N2O2S. The molecule has 1 unspecified atom stereocenters. The molecule has 1 aliphatic heterocycles. The highest BCUT2D eigenvalue weighted by atomic mass is 32.2. The van der Waals surface area contributed by atoms with Crippen molar-refractivity contribution < 1.29 is 8.42 Å². The first-order chi connectivity index (χ1) is 9.54. The number of hydrogen-bond donors (Lipinski definition) is 1. The summed E-state index contributed by atoms with van der Waals surface area (Å²) in [6, 6.07) is 7.60. The molecule has 0 saturated carbocycles. The van der Waals surface area contributed by atoms with Crippen LogP contribution in [0.2, 0.25) is 0 Å². The molecule has 1 saturated heterocycles. The molecule has 1 fully saturated rings. The molecule has 1 atom stereocenters. The third kappa shape index (κ3) is 3.52. The maximum absolute atomic E-state index is 12.1. The number of nitrogens with zero attached hydrogens (tertiary/aromatic N) is 1. The zero-order valence-electron chi connectivity index (χ0n) is 12.3. The first-order valence-corrected chi connectivity index (χ1v) is 8.99. The van der Waals surface area contributed by atoms with Crippen LogP contribution in [0.4, 0.5) is 5.69 Å². The van der Waals surface area contributed by atoms with Gasteiger partial charge < -0.3 is 5.32 Å². The van der Waals surface area contributed by atoms with Gasteiger partial charge in [0, 0.05) is 12.6 Å². The van der Waals surface area contributed by atoms with Gasteiger partial charge in [0.25, 0.3) is 0 Å². The van der Waals surface area contributed by atoms with Crippen LogP contribution in [-0.2, 0) is 9.84 Å². The highest BCUT2D eigenvalue weighted by Gasteiger charge is 2.19. The van der Waals surface area contributed by atoms with Gasteiger partial charge in [0.2, 0.25) is 0 Å². The molecular weight excluding hydrogens is 272 g/mol. The van der Waals surface area contributed by atoms with Crippen molar-refractivity contribution in [2.24, 2.45) is 0 Å². The first kappa shape index (κ1) is 15.3. The molecule has 0 amide bonds. The number of sulfone groups is 1. The minimum atomic E-state index is -3.17. The van der Waals surface area contributed by atoms with Gasteiger partial charge in [0.05, 0.1) is 16.3 Å². The highest BCUT2D eigenvalue weighted by Crippen LogP contribution is 2.22. The van der Waals surface area contributed by atoms with Crippen molar-refractivity contribution in [3.8, 4) is 0 Å². The predicted octanol–water partition coefficient (Wildman–Crippen LogP) is 2.38. The van der Waals surface area contributed by atoms with E-state index in [4.69, 9.17) is 0 Å². The third-order valence-electron chi connectivity index (χ3n) is 3.95. The Balaban J connectivity index is 2.06. The van der Waals surface area contributed by atoms with E-state index in [1.807, 2.05) is 12.1 Å². The Morgan fingerprint density at radius 2 is 1.90 bits per heavy atom. The molecule has 1 aromatic carbocycles. The zero-order valence-corrected chi connectivity index (χ0v) is 13.1. The van der Waals surface area contributed by atoms with Crippen molar-refractivity contribution in [2.75, 3.05) is 30.7 Å². The maximum Gasteiger partial charge on any atom is 0.180 e. The molecule has 0 bridgehead atoms. The summed E-state index contributed by atoms with van der Waals surface area (Å²) in [6.45, 7) is 6.94. The van der Waals surface area contributed by atoms with E-state index in [9.17, 15) is 8.42 Å². The van der Waals surface area contributed by atoms with Crippen LogP contribution in [0.3, 0.4) is 0 Å². The van der Waals surface area contributed by atoms with Crippen LogP contribution in [-0.4, -0.2) is 44.7 Å². The average Bonchev–Trinajstić information content (AvgIpc) is 2.99. The standard InChI is InChI=1S/C15H24N2O2S/c1-3-20(18,19)15-9-5-4-8-14(15)16-12-13(2)17-10-6-7-11-17/h4-5,8-9,13,16H,3,6-7,10-12H2,1-2H3. The number of nitrogens with one attached hydrogen (secondary N) is 1. The Hall–Kier alpha value is -1.07. The quantitative estimate of drug-likeness (QED) is 0.875. The summed E-state index contributed by atoms with van der Waals surface area (Å²) in [5, 5.41) is 3.31. The molecule has 5 heteroatoms. The van der Waals surface area contributed by atoms with Gasteiger partial charge in [-0.25, -0.2) is 8.42 Å². The van der Waals surface area contributed by atoms with Crippen molar-refractivity contribution in [3.05, 3.63) is 24.3 Å². The van der Waals surface area contributed by atoms with Crippen molar-refractivity contribution in [1.82, 2.24) is 4.90 Å². The molecule has 1 aliphatic rings. The largest absolute Gasteiger partial charge is 0.382 e. The summed E-state index contributed by atoms with van der Waals surface area (Å²) in [5.74, 6) is 0.132. The van der Waals surface area contributed by atoms with E-state index in [0.29, 0.717) is 10.9 Å². The summed E-state index contributed by atoms with van der Waals surface area (Å²) >= 11 is 0. The fourth-order valence-corrected chi connectivity index (χ4v) is 3.68. The van der Waals surface area contributed by atoms with Gasteiger partial charge in [-0.05, 0) is 45.0 Å². The molecule has 2 rings (SSSR count). The zero-order chi connectivity index (χ0) is 14.6. The van der Waals surface area contributed by atoms with Gasteiger partial charge in [0.1, 0.15) is 0 Å². The molecule has 0 spiro atoms. The van der Waals surface area contributed by atoms with Crippen LogP contribution in [0.5, 0.6) is 0 Å². The van der Waals surface area contributed by atoms with Gasteiger partial charge in [-0.2, -0.15) is 0 Å². The summed E-state index contributed by atoms with van der Waals surface area (Å²) in [5.41, 5.74) is 0.723. The topological polar surface area (TPSA) is 49.4 Å². The molecule has 1 heterocycles. The van der Waals surface area contributed by atoms with E-state index >= 15 is 0 Å². The SMILES string of the molecule is CCS(=O)(=O)c1ccccc1NCC(C)N1CCCC1. The molecule has 1 aromatic rings. The number of hydrogen-bond acceptors (Lipinski definition) is 4. The maximum atomic E-state index is 12.1. The minimum absolute atomic E-state index is 0.132. The van der Waals surface area contributed by atoms with Crippen LogP contribution in [0.25, 0.3) is 0 Å². The molecule has 0 aliphatic carbocycles. The minimum Gasteiger partial charge on any atom is -0.382 e. The fraction of sp³-hybridized carbons (Fsp3) is 0.600. The number of para-hydroxylation sites is 1. The molecule has 0 aromatic heterocycles. The van der Waals surface area contributed by atoms with Gasteiger partial charge in [0.15, 0.2) is 9.84 Å². The smallest absolute Gasteiger partial charge is 0.180 e. The van der Waals surface area contributed by atoms with E-state index in [-0.39, 0.29) is 5.75 Å². The second kappa shape index (κ2) is 6.59. The Bertz CT molecular complexity index is 537. The Morgan fingerprint density at radius 3 is 2.55 bits per heavy atom. The number of benzene rings is 1. The van der Waals surface area contributed by atoms with Crippen molar-refractivity contribution >= 4 is 15.5 Å². The Kier molecular flexibility index (Phi) is 5.05. The lowest BCUT2D eigenvalue weighted by atomic mass is 10.2. The van der Waals surface area contributed by atoms with E-state index in [2.05, 4.69) is 17.1 Å². The lowest BCUT2D eigenvalue weighted by Crippen LogP contribution is -2.35. The predicted molar refractivity (Wildman–Crippen MR) is 82.9 cm³/mol. The number of anilines is 1. The molecule has 20 heavy (non-hydrogen) atoms. The second-order valence-electron chi connectivity index (χ2n) is 5.37. The van der Waals surface area contributed by atoms with Gasteiger partial charge in [-0.15, -0.1) is 0 Å².